The molecule has 2 atom stereocenters. The molecule has 2 aromatic rings. The maximum absolute atomic E-state index is 13.4. The summed E-state index contributed by atoms with van der Waals surface area (Å²) in [5.74, 6) is -0.508. The monoisotopic (exact) mass is 456 g/mol. The number of nitrogens with two attached hydrogens (primary N) is 1. The number of amides is 1. The molecule has 2 aromatic carbocycles. The van der Waals surface area contributed by atoms with Gasteiger partial charge in [-0.25, -0.2) is 0 Å². The topological polar surface area (TPSA) is 73.4 Å². The molecule has 5 nitrogen and oxygen atoms in total. The summed E-state index contributed by atoms with van der Waals surface area (Å²) in [4.78, 5) is 16.4. The number of hydrogen-bond acceptors (Lipinski definition) is 4. The maximum Gasteiger partial charge on any atom is 0.417 e. The van der Waals surface area contributed by atoms with Crippen molar-refractivity contribution < 1.29 is 18.0 Å². The smallest absolute Gasteiger partial charge is 0.370 e. The van der Waals surface area contributed by atoms with E-state index in [1.807, 2.05) is 23.1 Å². The van der Waals surface area contributed by atoms with Crippen LogP contribution >= 0.6 is 0 Å². The van der Waals surface area contributed by atoms with E-state index in [0.29, 0.717) is 24.7 Å². The van der Waals surface area contributed by atoms with Gasteiger partial charge in [0.05, 0.1) is 23.1 Å². The Labute approximate surface area is 191 Å². The molecule has 0 aromatic heterocycles. The minimum Gasteiger partial charge on any atom is -0.370 e. The lowest BCUT2D eigenvalue weighted by molar-refractivity contribution is -0.137. The van der Waals surface area contributed by atoms with Crippen molar-refractivity contribution >= 4 is 11.6 Å². The molecule has 2 aliphatic heterocycles. The van der Waals surface area contributed by atoms with Crippen molar-refractivity contribution in [3.63, 3.8) is 0 Å². The molecule has 33 heavy (non-hydrogen) atoms. The number of primary amides is 1. The lowest BCUT2D eigenvalue weighted by Crippen LogP contribution is -2.40. The van der Waals surface area contributed by atoms with Crippen molar-refractivity contribution in [1.82, 2.24) is 4.90 Å². The second kappa shape index (κ2) is 9.44. The Bertz CT molecular complexity index is 1030. The van der Waals surface area contributed by atoms with E-state index in [1.54, 1.807) is 6.07 Å². The minimum absolute atomic E-state index is 0.00588. The summed E-state index contributed by atoms with van der Waals surface area (Å²) in [6.07, 6.45) is -2.76. The van der Waals surface area contributed by atoms with E-state index in [9.17, 15) is 18.0 Å². The largest absolute Gasteiger partial charge is 0.417 e. The van der Waals surface area contributed by atoms with Crippen LogP contribution in [0.25, 0.3) is 0 Å². The number of carbonyl (C=O) groups is 1. The Balaban J connectivity index is 1.46. The van der Waals surface area contributed by atoms with Gasteiger partial charge in [0.15, 0.2) is 0 Å². The first-order valence-electron chi connectivity index (χ1n) is 11.2. The SMILES string of the molecule is N#Cc1ccc(N2CC(C(N)=O)C(C3CCN(Cc4ccccc4)CC3)C2)cc1C(F)(F)F. The highest BCUT2D eigenvalue weighted by molar-refractivity contribution is 5.79. The van der Waals surface area contributed by atoms with Gasteiger partial charge in [-0.1, -0.05) is 30.3 Å². The molecule has 2 heterocycles. The molecule has 2 unspecified atom stereocenters. The molecule has 2 fully saturated rings. The van der Waals surface area contributed by atoms with Crippen LogP contribution in [0.15, 0.2) is 48.5 Å². The number of alkyl halides is 3. The van der Waals surface area contributed by atoms with Crippen molar-refractivity contribution in [3.8, 4) is 6.07 Å². The number of nitriles is 1. The van der Waals surface area contributed by atoms with E-state index in [0.717, 1.165) is 38.5 Å². The molecule has 2 aliphatic rings. The fourth-order valence-electron chi connectivity index (χ4n) is 5.26. The minimum atomic E-state index is -4.62. The van der Waals surface area contributed by atoms with Crippen LogP contribution in [-0.4, -0.2) is 37.0 Å². The van der Waals surface area contributed by atoms with Crippen LogP contribution in [0, 0.1) is 29.1 Å². The number of rotatable bonds is 5. The highest BCUT2D eigenvalue weighted by Gasteiger charge is 2.42. The number of benzene rings is 2. The third-order valence-corrected chi connectivity index (χ3v) is 7.01. The van der Waals surface area contributed by atoms with Gasteiger partial charge in [0.1, 0.15) is 0 Å². The molecule has 2 saturated heterocycles. The highest BCUT2D eigenvalue weighted by atomic mass is 19.4. The van der Waals surface area contributed by atoms with Crippen molar-refractivity contribution in [1.29, 1.82) is 5.26 Å². The first-order chi connectivity index (χ1) is 15.8. The summed E-state index contributed by atoms with van der Waals surface area (Å²) < 4.78 is 40.3. The van der Waals surface area contributed by atoms with Crippen LogP contribution in [-0.2, 0) is 17.5 Å². The summed E-state index contributed by atoms with van der Waals surface area (Å²) in [7, 11) is 0. The van der Waals surface area contributed by atoms with Crippen LogP contribution in [0.3, 0.4) is 0 Å². The van der Waals surface area contributed by atoms with Crippen molar-refractivity contribution in [2.24, 2.45) is 23.5 Å². The number of anilines is 1. The molecular weight excluding hydrogens is 429 g/mol. The summed E-state index contributed by atoms with van der Waals surface area (Å²) in [5, 5.41) is 9.05. The molecule has 4 rings (SSSR count). The second-order valence-corrected chi connectivity index (χ2v) is 9.02. The van der Waals surface area contributed by atoms with E-state index in [-0.39, 0.29) is 5.92 Å². The molecule has 0 bridgehead atoms. The van der Waals surface area contributed by atoms with Crippen LogP contribution < -0.4 is 10.6 Å². The van der Waals surface area contributed by atoms with Gasteiger partial charge in [0.2, 0.25) is 5.91 Å². The Morgan fingerprint density at radius 3 is 2.39 bits per heavy atom. The number of likely N-dealkylation sites (tertiary alicyclic amines) is 1. The van der Waals surface area contributed by atoms with Crippen LogP contribution in [0.2, 0.25) is 0 Å². The predicted molar refractivity (Wildman–Crippen MR) is 119 cm³/mol. The Hall–Kier alpha value is -3.05. The van der Waals surface area contributed by atoms with Gasteiger partial charge in [0.25, 0.3) is 0 Å². The van der Waals surface area contributed by atoms with Crippen LogP contribution in [0.4, 0.5) is 18.9 Å². The quantitative estimate of drug-likeness (QED) is 0.738. The van der Waals surface area contributed by atoms with E-state index in [2.05, 4.69) is 17.0 Å². The van der Waals surface area contributed by atoms with E-state index >= 15 is 0 Å². The van der Waals surface area contributed by atoms with Crippen LogP contribution in [0.1, 0.15) is 29.5 Å². The van der Waals surface area contributed by atoms with Crippen molar-refractivity contribution in [2.75, 3.05) is 31.1 Å². The average molecular weight is 457 g/mol. The number of piperidine rings is 1. The van der Waals surface area contributed by atoms with Gasteiger partial charge in [-0.05, 0) is 61.5 Å². The molecule has 0 radical (unpaired) electrons. The second-order valence-electron chi connectivity index (χ2n) is 9.02. The van der Waals surface area contributed by atoms with Gasteiger partial charge in [-0.2, -0.15) is 18.4 Å². The average Bonchev–Trinajstić information content (AvgIpc) is 3.25. The Morgan fingerprint density at radius 1 is 1.09 bits per heavy atom. The van der Waals surface area contributed by atoms with Crippen molar-refractivity contribution in [2.45, 2.75) is 25.6 Å². The van der Waals surface area contributed by atoms with E-state index in [4.69, 9.17) is 11.0 Å². The maximum atomic E-state index is 13.4. The van der Waals surface area contributed by atoms with E-state index < -0.39 is 29.1 Å². The van der Waals surface area contributed by atoms with Gasteiger partial charge in [0, 0.05) is 25.3 Å². The number of nitrogens with zero attached hydrogens (tertiary/aromatic N) is 3. The summed E-state index contributed by atoms with van der Waals surface area (Å²) >= 11 is 0. The molecule has 0 saturated carbocycles. The zero-order valence-electron chi connectivity index (χ0n) is 18.3. The third kappa shape index (κ3) is 5.14. The molecule has 174 valence electrons. The molecule has 2 N–H and O–H groups in total. The predicted octanol–water partition coefficient (Wildman–Crippen LogP) is 4.03. The summed E-state index contributed by atoms with van der Waals surface area (Å²) in [5.41, 5.74) is 5.99. The van der Waals surface area contributed by atoms with Crippen molar-refractivity contribution in [3.05, 3.63) is 65.2 Å². The normalized spacial score (nSPS) is 22.3. The first kappa shape index (κ1) is 23.1. The fraction of sp³-hybridized carbons (Fsp3) is 0.440. The number of halogens is 3. The number of carbonyl (C=O) groups excluding carboxylic acids is 1. The molecule has 1 amide bonds. The standard InChI is InChI=1S/C25H27F3N4O/c26-25(27,28)23-12-20(7-6-19(23)13-29)32-15-21(22(16-32)24(30)33)18-8-10-31(11-9-18)14-17-4-2-1-3-5-17/h1-7,12,18,21-22H,8-11,14-16H2,(H2,30,33). The summed E-state index contributed by atoms with van der Waals surface area (Å²) in [6, 6.07) is 15.6. The molecule has 0 aliphatic carbocycles. The first-order valence-corrected chi connectivity index (χ1v) is 11.2. The third-order valence-electron chi connectivity index (χ3n) is 7.01. The van der Waals surface area contributed by atoms with E-state index in [1.165, 1.54) is 17.7 Å². The van der Waals surface area contributed by atoms with Gasteiger partial charge in [-0.3, -0.25) is 9.69 Å². The van der Waals surface area contributed by atoms with Gasteiger partial charge >= 0.3 is 6.18 Å². The Kier molecular flexibility index (Phi) is 6.61. The lowest BCUT2D eigenvalue weighted by atomic mass is 9.78. The number of hydrogen-bond donors (Lipinski definition) is 1. The zero-order valence-corrected chi connectivity index (χ0v) is 18.3. The fourth-order valence-corrected chi connectivity index (χ4v) is 5.26. The Morgan fingerprint density at radius 2 is 1.79 bits per heavy atom. The molecule has 0 spiro atoms. The van der Waals surface area contributed by atoms with Gasteiger partial charge in [-0.15, -0.1) is 0 Å². The molecular formula is C25H27F3N4O. The van der Waals surface area contributed by atoms with Crippen LogP contribution in [0.5, 0.6) is 0 Å². The molecule has 8 heteroatoms. The van der Waals surface area contributed by atoms with Gasteiger partial charge < -0.3 is 10.6 Å². The summed E-state index contributed by atoms with van der Waals surface area (Å²) in [6.45, 7) is 3.50. The highest BCUT2D eigenvalue weighted by Crippen LogP contribution is 2.40. The lowest BCUT2D eigenvalue weighted by Gasteiger charge is -2.36. The zero-order chi connectivity index (χ0) is 23.6.